The van der Waals surface area contributed by atoms with Crippen LogP contribution in [0.5, 0.6) is 0 Å². The summed E-state index contributed by atoms with van der Waals surface area (Å²) in [6.07, 6.45) is 7.09. The molecule has 1 atom stereocenters. The van der Waals surface area contributed by atoms with E-state index >= 15 is 0 Å². The number of rotatable bonds is 7. The van der Waals surface area contributed by atoms with Gasteiger partial charge in [-0.3, -0.25) is 4.79 Å². The van der Waals surface area contributed by atoms with E-state index in [9.17, 15) is 4.79 Å². The zero-order valence-corrected chi connectivity index (χ0v) is 21.9. The molecule has 3 heterocycles. The Hall–Kier alpha value is -1.35. The Morgan fingerprint density at radius 2 is 1.91 bits per heavy atom. The second kappa shape index (κ2) is 12.8. The van der Waals surface area contributed by atoms with Crippen molar-refractivity contribution in [1.82, 2.24) is 20.0 Å². The molecule has 0 bridgehead atoms. The van der Waals surface area contributed by atoms with E-state index in [0.29, 0.717) is 13.0 Å². The van der Waals surface area contributed by atoms with Crippen LogP contribution in [0.2, 0.25) is 0 Å². The molecule has 6 nitrogen and oxygen atoms in total. The fourth-order valence-electron chi connectivity index (χ4n) is 5.19. The van der Waals surface area contributed by atoms with Gasteiger partial charge in [0.05, 0.1) is 6.54 Å². The predicted octanol–water partition coefficient (Wildman–Crippen LogP) is 3.70. The van der Waals surface area contributed by atoms with E-state index in [1.54, 1.807) is 0 Å². The van der Waals surface area contributed by atoms with Gasteiger partial charge in [0.25, 0.3) is 0 Å². The van der Waals surface area contributed by atoms with Crippen LogP contribution in [-0.2, 0) is 17.9 Å². The fraction of sp³-hybridized carbons (Fsp3) is 0.680. The number of nitrogens with zero attached hydrogens (tertiary/aromatic N) is 4. The zero-order valence-electron chi connectivity index (χ0n) is 19.6. The Morgan fingerprint density at radius 1 is 1.09 bits per heavy atom. The summed E-state index contributed by atoms with van der Waals surface area (Å²) in [4.78, 5) is 24.0. The van der Waals surface area contributed by atoms with Gasteiger partial charge in [0.2, 0.25) is 5.91 Å². The third-order valence-electron chi connectivity index (χ3n) is 6.83. The number of benzene rings is 1. The van der Waals surface area contributed by atoms with Crippen LogP contribution < -0.4 is 5.32 Å². The summed E-state index contributed by atoms with van der Waals surface area (Å²) in [6.45, 7) is 11.3. The number of piperidine rings is 1. The minimum absolute atomic E-state index is 0. The third kappa shape index (κ3) is 7.07. The smallest absolute Gasteiger partial charge is 0.222 e. The largest absolute Gasteiger partial charge is 0.357 e. The molecule has 1 N–H and O–H groups in total. The number of hydrogen-bond donors (Lipinski definition) is 1. The van der Waals surface area contributed by atoms with Crippen molar-refractivity contribution in [3.8, 4) is 0 Å². The average Bonchev–Trinajstić information content (AvgIpc) is 3.41. The normalized spacial score (nSPS) is 22.3. The highest BCUT2D eigenvalue weighted by molar-refractivity contribution is 14.0. The van der Waals surface area contributed by atoms with E-state index in [-0.39, 0.29) is 29.9 Å². The first-order chi connectivity index (χ1) is 15.2. The Morgan fingerprint density at radius 3 is 2.66 bits per heavy atom. The molecule has 1 aromatic rings. The first kappa shape index (κ1) is 25.3. The van der Waals surface area contributed by atoms with Gasteiger partial charge in [-0.25, -0.2) is 4.99 Å². The van der Waals surface area contributed by atoms with Crippen molar-refractivity contribution in [2.45, 2.75) is 58.5 Å². The Balaban J connectivity index is 0.00000289. The van der Waals surface area contributed by atoms with E-state index in [0.717, 1.165) is 51.0 Å². The lowest BCUT2D eigenvalue weighted by Crippen LogP contribution is -2.41. The SMILES string of the molecule is CCNC(=NCc1cccc(CN2CCCC2=O)c1)N1CCC(CN2CCCCC2)C1.I. The molecule has 3 saturated heterocycles. The standard InChI is InChI=1S/C25H39N5O.HI/c1-2-26-25(30-15-11-23(20-30)18-28-12-4-3-5-13-28)27-17-21-8-6-9-22(16-21)19-29-14-7-10-24(29)31;/h6,8-9,16,23H,2-5,7,10-15,17-20H2,1H3,(H,26,27);1H. The van der Waals surface area contributed by atoms with Crippen molar-refractivity contribution in [2.24, 2.45) is 10.9 Å². The number of guanidine groups is 1. The fourth-order valence-corrected chi connectivity index (χ4v) is 5.19. The highest BCUT2D eigenvalue weighted by Gasteiger charge is 2.27. The van der Waals surface area contributed by atoms with Gasteiger partial charge >= 0.3 is 0 Å². The first-order valence-electron chi connectivity index (χ1n) is 12.3. The molecule has 0 radical (unpaired) electrons. The van der Waals surface area contributed by atoms with E-state index in [1.807, 2.05) is 4.90 Å². The van der Waals surface area contributed by atoms with Crippen LogP contribution in [0, 0.1) is 5.92 Å². The monoisotopic (exact) mass is 553 g/mol. The predicted molar refractivity (Wildman–Crippen MR) is 141 cm³/mol. The van der Waals surface area contributed by atoms with Gasteiger partial charge in [0.1, 0.15) is 0 Å². The van der Waals surface area contributed by atoms with Crippen LogP contribution in [0.4, 0.5) is 0 Å². The molecule has 1 aromatic carbocycles. The van der Waals surface area contributed by atoms with Crippen molar-refractivity contribution in [3.05, 3.63) is 35.4 Å². The summed E-state index contributed by atoms with van der Waals surface area (Å²) >= 11 is 0. The number of nitrogens with one attached hydrogen (secondary N) is 1. The average molecular weight is 554 g/mol. The summed E-state index contributed by atoms with van der Waals surface area (Å²) in [5.74, 6) is 2.08. The maximum absolute atomic E-state index is 11.9. The zero-order chi connectivity index (χ0) is 21.5. The molecule has 0 saturated carbocycles. The summed E-state index contributed by atoms with van der Waals surface area (Å²) < 4.78 is 0. The number of aliphatic imine (C=N–C) groups is 1. The molecule has 1 amide bonds. The molecule has 3 aliphatic rings. The number of halogens is 1. The van der Waals surface area contributed by atoms with Gasteiger partial charge in [-0.1, -0.05) is 30.7 Å². The maximum Gasteiger partial charge on any atom is 0.222 e. The molecule has 7 heteroatoms. The quantitative estimate of drug-likeness (QED) is 0.318. The lowest BCUT2D eigenvalue weighted by molar-refractivity contribution is -0.128. The summed E-state index contributed by atoms with van der Waals surface area (Å²) in [7, 11) is 0. The van der Waals surface area contributed by atoms with Crippen molar-refractivity contribution >= 4 is 35.8 Å². The molecule has 32 heavy (non-hydrogen) atoms. The summed E-state index contributed by atoms with van der Waals surface area (Å²) in [5.41, 5.74) is 2.42. The Labute approximate surface area is 210 Å². The van der Waals surface area contributed by atoms with Crippen molar-refractivity contribution in [3.63, 3.8) is 0 Å². The molecule has 178 valence electrons. The topological polar surface area (TPSA) is 51.2 Å². The molecule has 4 rings (SSSR count). The van der Waals surface area contributed by atoms with Crippen LogP contribution in [0.3, 0.4) is 0 Å². The second-order valence-electron chi connectivity index (χ2n) is 9.37. The molecule has 3 aliphatic heterocycles. The van der Waals surface area contributed by atoms with Crippen LogP contribution >= 0.6 is 24.0 Å². The maximum atomic E-state index is 11.9. The van der Waals surface area contributed by atoms with Gasteiger partial charge in [0.15, 0.2) is 5.96 Å². The number of amides is 1. The molecule has 0 aromatic heterocycles. The summed E-state index contributed by atoms with van der Waals surface area (Å²) in [6, 6.07) is 8.57. The number of carbonyl (C=O) groups is 1. The molecular weight excluding hydrogens is 513 g/mol. The molecule has 1 unspecified atom stereocenters. The van der Waals surface area contributed by atoms with Crippen LogP contribution in [0.15, 0.2) is 29.3 Å². The molecule has 3 fully saturated rings. The minimum atomic E-state index is 0. The number of hydrogen-bond acceptors (Lipinski definition) is 3. The Bertz CT molecular complexity index is 764. The van der Waals surface area contributed by atoms with Gasteiger partial charge in [-0.05, 0) is 62.7 Å². The van der Waals surface area contributed by atoms with Crippen molar-refractivity contribution in [2.75, 3.05) is 45.8 Å². The Kier molecular flexibility index (Phi) is 10.1. The van der Waals surface area contributed by atoms with Gasteiger partial charge in [0, 0.05) is 45.7 Å². The second-order valence-corrected chi connectivity index (χ2v) is 9.37. The van der Waals surface area contributed by atoms with E-state index < -0.39 is 0 Å². The number of likely N-dealkylation sites (tertiary alicyclic amines) is 3. The van der Waals surface area contributed by atoms with E-state index in [4.69, 9.17) is 4.99 Å². The molecule has 0 aliphatic carbocycles. The third-order valence-corrected chi connectivity index (χ3v) is 6.83. The highest BCUT2D eigenvalue weighted by Crippen LogP contribution is 2.20. The molecular formula is C25H40IN5O. The van der Waals surface area contributed by atoms with Crippen LogP contribution in [0.1, 0.15) is 56.6 Å². The van der Waals surface area contributed by atoms with E-state index in [1.165, 1.54) is 56.4 Å². The van der Waals surface area contributed by atoms with Crippen molar-refractivity contribution < 1.29 is 4.79 Å². The van der Waals surface area contributed by atoms with Gasteiger partial charge < -0.3 is 20.0 Å². The number of carbonyl (C=O) groups excluding carboxylic acids is 1. The van der Waals surface area contributed by atoms with Crippen molar-refractivity contribution in [1.29, 1.82) is 0 Å². The van der Waals surface area contributed by atoms with Crippen LogP contribution in [-0.4, -0.2) is 72.4 Å². The molecule has 0 spiro atoms. The first-order valence-corrected chi connectivity index (χ1v) is 12.3. The lowest BCUT2D eigenvalue weighted by atomic mass is 10.1. The van der Waals surface area contributed by atoms with Gasteiger partial charge in [-0.15, -0.1) is 24.0 Å². The van der Waals surface area contributed by atoms with E-state index in [2.05, 4.69) is 46.3 Å². The van der Waals surface area contributed by atoms with Crippen LogP contribution in [0.25, 0.3) is 0 Å². The highest BCUT2D eigenvalue weighted by atomic mass is 127. The van der Waals surface area contributed by atoms with Gasteiger partial charge in [-0.2, -0.15) is 0 Å². The summed E-state index contributed by atoms with van der Waals surface area (Å²) in [5, 5.41) is 3.51. The lowest BCUT2D eigenvalue weighted by Gasteiger charge is -2.29. The minimum Gasteiger partial charge on any atom is -0.357 e.